The van der Waals surface area contributed by atoms with Gasteiger partial charge in [-0.1, -0.05) is 35.9 Å². The summed E-state index contributed by atoms with van der Waals surface area (Å²) in [6.45, 7) is 2.65. The average molecular weight is 297 g/mol. The number of benzene rings is 1. The van der Waals surface area contributed by atoms with Crippen LogP contribution in [-0.4, -0.2) is 36.4 Å². The number of aryl methyl sites for hydroxylation is 1. The number of carbonyl (C=O) groups excluding carboxylic acids is 1. The van der Waals surface area contributed by atoms with Gasteiger partial charge >= 0.3 is 0 Å². The van der Waals surface area contributed by atoms with Crippen molar-refractivity contribution in [3.05, 3.63) is 65.5 Å². The van der Waals surface area contributed by atoms with Crippen molar-refractivity contribution in [2.24, 2.45) is 0 Å². The lowest BCUT2D eigenvalue weighted by Crippen LogP contribution is -2.38. The number of hydrogen-bond acceptors (Lipinski definition) is 3. The largest absolute Gasteiger partial charge is 0.354 e. The minimum Gasteiger partial charge on any atom is -0.354 e. The normalized spacial score (nSPS) is 12.2. The lowest BCUT2D eigenvalue weighted by molar-refractivity contribution is -0.125. The molecule has 1 unspecified atom stereocenters. The summed E-state index contributed by atoms with van der Waals surface area (Å²) in [5.41, 5.74) is 3.30. The fourth-order valence-corrected chi connectivity index (χ4v) is 2.50. The molecule has 0 saturated carbocycles. The van der Waals surface area contributed by atoms with Gasteiger partial charge in [0.2, 0.25) is 5.91 Å². The van der Waals surface area contributed by atoms with Gasteiger partial charge < -0.3 is 5.32 Å². The number of aromatic nitrogens is 1. The highest BCUT2D eigenvalue weighted by atomic mass is 16.2. The molecule has 0 bridgehead atoms. The minimum absolute atomic E-state index is 0.0273. The van der Waals surface area contributed by atoms with Crippen LogP contribution in [0.1, 0.15) is 22.7 Å². The maximum Gasteiger partial charge on any atom is 0.241 e. The molecule has 1 heterocycles. The number of rotatable bonds is 6. The van der Waals surface area contributed by atoms with Crippen molar-refractivity contribution in [2.75, 3.05) is 20.6 Å². The number of nitrogens with zero attached hydrogens (tertiary/aromatic N) is 2. The van der Waals surface area contributed by atoms with E-state index in [-0.39, 0.29) is 11.9 Å². The SMILES string of the molecule is Cc1cccc(C(C(=O)NCCc2cccnc2)N(C)C)c1. The van der Waals surface area contributed by atoms with Gasteiger partial charge in [0.1, 0.15) is 6.04 Å². The molecule has 2 aromatic rings. The van der Waals surface area contributed by atoms with Crippen LogP contribution in [0.3, 0.4) is 0 Å². The Morgan fingerprint density at radius 2 is 2.09 bits per heavy atom. The Kier molecular flexibility index (Phi) is 5.67. The van der Waals surface area contributed by atoms with Crippen LogP contribution in [0.25, 0.3) is 0 Å². The second-order valence-electron chi connectivity index (χ2n) is 5.68. The predicted molar refractivity (Wildman–Crippen MR) is 88.6 cm³/mol. The van der Waals surface area contributed by atoms with E-state index in [2.05, 4.69) is 16.4 Å². The highest BCUT2D eigenvalue weighted by molar-refractivity contribution is 5.83. The molecule has 0 spiro atoms. The van der Waals surface area contributed by atoms with Gasteiger partial charge in [-0.05, 0) is 44.6 Å². The zero-order chi connectivity index (χ0) is 15.9. The molecule has 0 fully saturated rings. The van der Waals surface area contributed by atoms with E-state index in [0.717, 1.165) is 23.1 Å². The Labute approximate surface area is 132 Å². The molecule has 1 N–H and O–H groups in total. The van der Waals surface area contributed by atoms with Gasteiger partial charge in [-0.25, -0.2) is 0 Å². The van der Waals surface area contributed by atoms with Crippen LogP contribution in [0, 0.1) is 6.92 Å². The van der Waals surface area contributed by atoms with Gasteiger partial charge in [0.05, 0.1) is 0 Å². The highest BCUT2D eigenvalue weighted by Crippen LogP contribution is 2.19. The molecule has 0 aliphatic carbocycles. The molecule has 1 amide bonds. The van der Waals surface area contributed by atoms with E-state index in [0.29, 0.717) is 6.54 Å². The van der Waals surface area contributed by atoms with Gasteiger partial charge in [0.25, 0.3) is 0 Å². The van der Waals surface area contributed by atoms with Gasteiger partial charge in [0.15, 0.2) is 0 Å². The molecular weight excluding hydrogens is 274 g/mol. The van der Waals surface area contributed by atoms with Crippen molar-refractivity contribution in [3.8, 4) is 0 Å². The van der Waals surface area contributed by atoms with Crippen molar-refractivity contribution in [1.29, 1.82) is 0 Å². The van der Waals surface area contributed by atoms with Gasteiger partial charge in [-0.2, -0.15) is 0 Å². The Morgan fingerprint density at radius 1 is 1.27 bits per heavy atom. The standard InChI is InChI=1S/C18H23N3O/c1-14-6-4-8-16(12-14)17(21(2)3)18(22)20-11-9-15-7-5-10-19-13-15/h4-8,10,12-13,17H,9,11H2,1-3H3,(H,20,22). The molecule has 22 heavy (non-hydrogen) atoms. The van der Waals surface area contributed by atoms with Crippen LogP contribution in [0.4, 0.5) is 0 Å². The lowest BCUT2D eigenvalue weighted by Gasteiger charge is -2.24. The molecule has 2 rings (SSSR count). The third-order valence-electron chi connectivity index (χ3n) is 3.56. The number of amides is 1. The number of nitrogens with one attached hydrogen (secondary N) is 1. The summed E-state index contributed by atoms with van der Waals surface area (Å²) in [4.78, 5) is 18.5. The quantitative estimate of drug-likeness (QED) is 0.890. The molecular formula is C18H23N3O. The summed E-state index contributed by atoms with van der Waals surface area (Å²) in [5.74, 6) is 0.0273. The fourth-order valence-electron chi connectivity index (χ4n) is 2.50. The maximum absolute atomic E-state index is 12.5. The first-order valence-corrected chi connectivity index (χ1v) is 7.47. The molecule has 0 saturated heterocycles. The van der Waals surface area contributed by atoms with E-state index in [9.17, 15) is 4.79 Å². The van der Waals surface area contributed by atoms with Gasteiger partial charge in [0, 0.05) is 18.9 Å². The van der Waals surface area contributed by atoms with E-state index in [1.807, 2.05) is 62.4 Å². The molecule has 4 nitrogen and oxygen atoms in total. The first-order valence-electron chi connectivity index (χ1n) is 7.47. The van der Waals surface area contributed by atoms with E-state index in [1.165, 1.54) is 0 Å². The van der Waals surface area contributed by atoms with Crippen LogP contribution < -0.4 is 5.32 Å². The molecule has 0 aliphatic rings. The van der Waals surface area contributed by atoms with Crippen molar-refractivity contribution >= 4 is 5.91 Å². The topological polar surface area (TPSA) is 45.2 Å². The second kappa shape index (κ2) is 7.71. The first-order chi connectivity index (χ1) is 10.6. The van der Waals surface area contributed by atoms with Crippen molar-refractivity contribution in [3.63, 3.8) is 0 Å². The number of pyridine rings is 1. The van der Waals surface area contributed by atoms with E-state index >= 15 is 0 Å². The molecule has 1 aromatic carbocycles. The maximum atomic E-state index is 12.5. The summed E-state index contributed by atoms with van der Waals surface area (Å²) in [5, 5.41) is 3.02. The zero-order valence-corrected chi connectivity index (χ0v) is 13.4. The Hall–Kier alpha value is -2.20. The number of likely N-dealkylation sites (N-methyl/N-ethyl adjacent to an activating group) is 1. The molecule has 4 heteroatoms. The summed E-state index contributed by atoms with van der Waals surface area (Å²) in [6.07, 6.45) is 4.37. The van der Waals surface area contributed by atoms with E-state index < -0.39 is 0 Å². The minimum atomic E-state index is -0.270. The summed E-state index contributed by atoms with van der Waals surface area (Å²) >= 11 is 0. The van der Waals surface area contributed by atoms with Gasteiger partial charge in [-0.15, -0.1) is 0 Å². The third kappa shape index (κ3) is 4.40. The number of carbonyl (C=O) groups is 1. The van der Waals surface area contributed by atoms with E-state index in [1.54, 1.807) is 6.20 Å². The van der Waals surface area contributed by atoms with Crippen LogP contribution in [0.2, 0.25) is 0 Å². The van der Waals surface area contributed by atoms with Crippen LogP contribution in [0.5, 0.6) is 0 Å². The third-order valence-corrected chi connectivity index (χ3v) is 3.56. The molecule has 116 valence electrons. The first kappa shape index (κ1) is 16.2. The zero-order valence-electron chi connectivity index (χ0n) is 13.4. The second-order valence-corrected chi connectivity index (χ2v) is 5.68. The Bertz CT molecular complexity index is 611. The van der Waals surface area contributed by atoms with Crippen molar-refractivity contribution in [1.82, 2.24) is 15.2 Å². The molecule has 1 atom stereocenters. The fraction of sp³-hybridized carbons (Fsp3) is 0.333. The summed E-state index contributed by atoms with van der Waals surface area (Å²) < 4.78 is 0. The van der Waals surface area contributed by atoms with E-state index in [4.69, 9.17) is 0 Å². The Balaban J connectivity index is 1.98. The van der Waals surface area contributed by atoms with Crippen LogP contribution in [-0.2, 0) is 11.2 Å². The van der Waals surface area contributed by atoms with Crippen molar-refractivity contribution in [2.45, 2.75) is 19.4 Å². The molecule has 0 aliphatic heterocycles. The van der Waals surface area contributed by atoms with Crippen molar-refractivity contribution < 1.29 is 4.79 Å². The smallest absolute Gasteiger partial charge is 0.241 e. The molecule has 1 aromatic heterocycles. The number of hydrogen-bond donors (Lipinski definition) is 1. The summed E-state index contributed by atoms with van der Waals surface area (Å²) in [6, 6.07) is 11.7. The monoisotopic (exact) mass is 297 g/mol. The van der Waals surface area contributed by atoms with Crippen LogP contribution in [0.15, 0.2) is 48.8 Å². The molecule has 0 radical (unpaired) electrons. The summed E-state index contributed by atoms with van der Waals surface area (Å²) in [7, 11) is 3.85. The average Bonchev–Trinajstić information content (AvgIpc) is 2.48. The lowest BCUT2D eigenvalue weighted by atomic mass is 10.0. The highest BCUT2D eigenvalue weighted by Gasteiger charge is 2.22. The van der Waals surface area contributed by atoms with Gasteiger partial charge in [-0.3, -0.25) is 14.7 Å². The predicted octanol–water partition coefficient (Wildman–Crippen LogP) is 2.35. The van der Waals surface area contributed by atoms with Crippen LogP contribution >= 0.6 is 0 Å². The Morgan fingerprint density at radius 3 is 2.73 bits per heavy atom.